The Labute approximate surface area is 96.3 Å². The van der Waals surface area contributed by atoms with Gasteiger partial charge in [-0.15, -0.1) is 0 Å². The van der Waals surface area contributed by atoms with Crippen molar-refractivity contribution in [1.82, 2.24) is 0 Å². The molecule has 0 saturated heterocycles. The van der Waals surface area contributed by atoms with Gasteiger partial charge < -0.3 is 9.73 Å². The molecule has 16 heavy (non-hydrogen) atoms. The molecular formula is C14H17NO. The molecule has 0 radical (unpaired) electrons. The number of anilines is 1. The first-order chi connectivity index (χ1) is 7.68. The third-order valence-corrected chi connectivity index (χ3v) is 2.81. The van der Waals surface area contributed by atoms with Gasteiger partial charge in [-0.1, -0.05) is 18.2 Å². The van der Waals surface area contributed by atoms with Gasteiger partial charge in [-0.25, -0.2) is 0 Å². The van der Waals surface area contributed by atoms with Crippen LogP contribution < -0.4 is 5.32 Å². The molecule has 2 nitrogen and oxygen atoms in total. The van der Waals surface area contributed by atoms with E-state index in [1.165, 1.54) is 11.1 Å². The largest absolute Gasteiger partial charge is 0.467 e. The van der Waals surface area contributed by atoms with E-state index < -0.39 is 0 Å². The Morgan fingerprint density at radius 1 is 1.06 bits per heavy atom. The minimum Gasteiger partial charge on any atom is -0.467 e. The van der Waals surface area contributed by atoms with Crippen LogP contribution in [0.15, 0.2) is 41.0 Å². The first kappa shape index (κ1) is 10.8. The maximum atomic E-state index is 5.48. The average Bonchev–Trinajstić information content (AvgIpc) is 2.68. The van der Waals surface area contributed by atoms with Crippen LogP contribution in [0.5, 0.6) is 0 Å². The Morgan fingerprint density at radius 3 is 2.44 bits per heavy atom. The Bertz CT molecular complexity index is 473. The van der Waals surface area contributed by atoms with Crippen LogP contribution in [-0.4, -0.2) is 0 Å². The number of furan rings is 1. The van der Waals surface area contributed by atoms with E-state index in [2.05, 4.69) is 38.2 Å². The smallest absolute Gasteiger partial charge is 0.128 e. The maximum absolute atomic E-state index is 5.48. The van der Waals surface area contributed by atoms with E-state index in [0.29, 0.717) is 0 Å². The zero-order valence-electron chi connectivity index (χ0n) is 9.95. The molecule has 2 rings (SSSR count). The number of hydrogen-bond donors (Lipinski definition) is 1. The predicted molar refractivity (Wildman–Crippen MR) is 66.7 cm³/mol. The maximum Gasteiger partial charge on any atom is 0.128 e. The van der Waals surface area contributed by atoms with Gasteiger partial charge in [0.05, 0.1) is 12.3 Å². The number of rotatable bonds is 3. The quantitative estimate of drug-likeness (QED) is 0.834. The minimum atomic E-state index is 0.191. The molecule has 1 unspecified atom stereocenters. The standard InChI is InChI=1S/C14H17NO/c1-10-6-4-5-7-13(10)15-12(3)14-11(2)8-9-16-14/h4-9,12,15H,1-3H3. The van der Waals surface area contributed by atoms with Crippen LogP contribution in [0.1, 0.15) is 29.9 Å². The summed E-state index contributed by atoms with van der Waals surface area (Å²) in [5, 5.41) is 3.46. The van der Waals surface area contributed by atoms with Crippen molar-refractivity contribution in [2.75, 3.05) is 5.32 Å². The van der Waals surface area contributed by atoms with E-state index in [4.69, 9.17) is 4.42 Å². The van der Waals surface area contributed by atoms with Crippen LogP contribution in [0.25, 0.3) is 0 Å². The summed E-state index contributed by atoms with van der Waals surface area (Å²) in [6, 6.07) is 10.5. The molecule has 1 atom stereocenters. The zero-order chi connectivity index (χ0) is 11.5. The fourth-order valence-electron chi connectivity index (χ4n) is 1.86. The fourth-order valence-corrected chi connectivity index (χ4v) is 1.86. The first-order valence-electron chi connectivity index (χ1n) is 5.54. The van der Waals surface area contributed by atoms with E-state index in [1.54, 1.807) is 6.26 Å². The second-order valence-corrected chi connectivity index (χ2v) is 4.15. The molecular weight excluding hydrogens is 198 g/mol. The Balaban J connectivity index is 2.17. The van der Waals surface area contributed by atoms with Crippen molar-refractivity contribution in [2.24, 2.45) is 0 Å². The van der Waals surface area contributed by atoms with Gasteiger partial charge >= 0.3 is 0 Å². The summed E-state index contributed by atoms with van der Waals surface area (Å²) in [4.78, 5) is 0. The molecule has 1 N–H and O–H groups in total. The number of benzene rings is 1. The minimum absolute atomic E-state index is 0.191. The zero-order valence-corrected chi connectivity index (χ0v) is 9.95. The van der Waals surface area contributed by atoms with Gasteiger partial charge in [0.2, 0.25) is 0 Å². The van der Waals surface area contributed by atoms with Gasteiger partial charge in [-0.05, 0) is 44.0 Å². The van der Waals surface area contributed by atoms with Gasteiger partial charge in [0.1, 0.15) is 5.76 Å². The van der Waals surface area contributed by atoms with Crippen LogP contribution in [0.2, 0.25) is 0 Å². The van der Waals surface area contributed by atoms with E-state index in [9.17, 15) is 0 Å². The molecule has 1 heterocycles. The molecule has 0 saturated carbocycles. The highest BCUT2D eigenvalue weighted by Gasteiger charge is 2.11. The second-order valence-electron chi connectivity index (χ2n) is 4.15. The van der Waals surface area contributed by atoms with Crippen LogP contribution in [-0.2, 0) is 0 Å². The average molecular weight is 215 g/mol. The normalized spacial score (nSPS) is 12.4. The van der Waals surface area contributed by atoms with Crippen LogP contribution >= 0.6 is 0 Å². The molecule has 0 aliphatic rings. The van der Waals surface area contributed by atoms with E-state index in [-0.39, 0.29) is 6.04 Å². The summed E-state index contributed by atoms with van der Waals surface area (Å²) >= 11 is 0. The number of para-hydroxylation sites is 1. The molecule has 0 amide bonds. The summed E-state index contributed by atoms with van der Waals surface area (Å²) in [6.45, 7) is 6.27. The van der Waals surface area contributed by atoms with Gasteiger partial charge in [0.15, 0.2) is 0 Å². The summed E-state index contributed by atoms with van der Waals surface area (Å²) in [5.41, 5.74) is 3.60. The number of nitrogens with one attached hydrogen (secondary N) is 1. The SMILES string of the molecule is Cc1ccccc1NC(C)c1occc1C. The van der Waals surface area contributed by atoms with Crippen LogP contribution in [0.3, 0.4) is 0 Å². The van der Waals surface area contributed by atoms with Crippen molar-refractivity contribution >= 4 is 5.69 Å². The van der Waals surface area contributed by atoms with E-state index in [1.807, 2.05) is 18.2 Å². The van der Waals surface area contributed by atoms with Crippen molar-refractivity contribution in [2.45, 2.75) is 26.8 Å². The highest BCUT2D eigenvalue weighted by Crippen LogP contribution is 2.24. The molecule has 1 aromatic heterocycles. The Hall–Kier alpha value is -1.70. The molecule has 0 fully saturated rings. The fraction of sp³-hybridized carbons (Fsp3) is 0.286. The van der Waals surface area contributed by atoms with Gasteiger partial charge in [0.25, 0.3) is 0 Å². The van der Waals surface area contributed by atoms with Crippen molar-refractivity contribution < 1.29 is 4.42 Å². The summed E-state index contributed by atoms with van der Waals surface area (Å²) in [7, 11) is 0. The molecule has 84 valence electrons. The summed E-state index contributed by atoms with van der Waals surface area (Å²) < 4.78 is 5.48. The van der Waals surface area contributed by atoms with Gasteiger partial charge in [0, 0.05) is 5.69 Å². The van der Waals surface area contributed by atoms with E-state index >= 15 is 0 Å². The predicted octanol–water partition coefficient (Wildman–Crippen LogP) is 4.07. The number of hydrogen-bond acceptors (Lipinski definition) is 2. The molecule has 0 bridgehead atoms. The van der Waals surface area contributed by atoms with Crippen molar-refractivity contribution in [3.63, 3.8) is 0 Å². The summed E-state index contributed by atoms with van der Waals surface area (Å²) in [6.07, 6.45) is 1.74. The lowest BCUT2D eigenvalue weighted by atomic mass is 10.1. The van der Waals surface area contributed by atoms with Crippen molar-refractivity contribution in [3.05, 3.63) is 53.5 Å². The Kier molecular flexibility index (Phi) is 3.00. The van der Waals surface area contributed by atoms with Gasteiger partial charge in [-0.3, -0.25) is 0 Å². The molecule has 2 heteroatoms. The third kappa shape index (κ3) is 2.11. The number of aryl methyl sites for hydroxylation is 2. The first-order valence-corrected chi connectivity index (χ1v) is 5.54. The molecule has 0 aliphatic heterocycles. The van der Waals surface area contributed by atoms with Crippen molar-refractivity contribution in [3.8, 4) is 0 Å². The Morgan fingerprint density at radius 2 is 1.81 bits per heavy atom. The molecule has 1 aromatic carbocycles. The second kappa shape index (κ2) is 4.44. The van der Waals surface area contributed by atoms with Crippen LogP contribution in [0.4, 0.5) is 5.69 Å². The highest BCUT2D eigenvalue weighted by molar-refractivity contribution is 5.51. The lowest BCUT2D eigenvalue weighted by molar-refractivity contribution is 0.487. The third-order valence-electron chi connectivity index (χ3n) is 2.81. The molecule has 0 spiro atoms. The highest BCUT2D eigenvalue weighted by atomic mass is 16.3. The lowest BCUT2D eigenvalue weighted by Gasteiger charge is -2.15. The van der Waals surface area contributed by atoms with Crippen molar-refractivity contribution in [1.29, 1.82) is 0 Å². The van der Waals surface area contributed by atoms with Gasteiger partial charge in [-0.2, -0.15) is 0 Å². The topological polar surface area (TPSA) is 25.2 Å². The lowest BCUT2D eigenvalue weighted by Crippen LogP contribution is -2.07. The molecule has 2 aromatic rings. The van der Waals surface area contributed by atoms with E-state index in [0.717, 1.165) is 11.4 Å². The summed E-state index contributed by atoms with van der Waals surface area (Å²) in [5.74, 6) is 1.00. The monoisotopic (exact) mass is 215 g/mol. The molecule has 0 aliphatic carbocycles. The van der Waals surface area contributed by atoms with Crippen LogP contribution in [0, 0.1) is 13.8 Å².